The van der Waals surface area contributed by atoms with Crippen molar-refractivity contribution in [1.29, 1.82) is 0 Å². The average Bonchev–Trinajstić information content (AvgIpc) is 3.17. The lowest BCUT2D eigenvalue weighted by Crippen LogP contribution is -2.10. The fourth-order valence-corrected chi connectivity index (χ4v) is 3.44. The number of rotatable bonds is 3. The maximum atomic E-state index is 4.50. The molecular formula is C17H17N5. The quantitative estimate of drug-likeness (QED) is 0.805. The van der Waals surface area contributed by atoms with Crippen molar-refractivity contribution in [3.8, 4) is 0 Å². The zero-order chi connectivity index (χ0) is 14.5. The van der Waals surface area contributed by atoms with Crippen LogP contribution in [-0.2, 0) is 6.42 Å². The van der Waals surface area contributed by atoms with Gasteiger partial charge in [0.15, 0.2) is 5.82 Å². The second-order valence-corrected chi connectivity index (χ2v) is 6.24. The lowest BCUT2D eigenvalue weighted by Gasteiger charge is -2.15. The van der Waals surface area contributed by atoms with Crippen LogP contribution in [0.25, 0.3) is 5.65 Å². The van der Waals surface area contributed by atoms with Gasteiger partial charge in [-0.2, -0.15) is 0 Å². The maximum Gasteiger partial charge on any atom is 0.203 e. The molecule has 0 saturated heterocycles. The van der Waals surface area contributed by atoms with E-state index in [9.17, 15) is 0 Å². The first-order chi connectivity index (χ1) is 10.9. The zero-order valence-electron chi connectivity index (χ0n) is 12.2. The van der Waals surface area contributed by atoms with Crippen molar-refractivity contribution in [2.45, 2.75) is 37.6 Å². The monoisotopic (exact) mass is 291 g/mol. The van der Waals surface area contributed by atoms with Gasteiger partial charge in [-0.3, -0.25) is 4.40 Å². The predicted octanol–water partition coefficient (Wildman–Crippen LogP) is 3.10. The molecule has 2 aromatic heterocycles. The van der Waals surface area contributed by atoms with Crippen LogP contribution in [0.5, 0.6) is 0 Å². The molecule has 5 heteroatoms. The van der Waals surface area contributed by atoms with Crippen molar-refractivity contribution in [3.05, 3.63) is 53.6 Å². The van der Waals surface area contributed by atoms with E-state index in [1.165, 1.54) is 24.0 Å². The predicted molar refractivity (Wildman–Crippen MR) is 83.9 cm³/mol. The smallest absolute Gasteiger partial charge is 0.203 e. The van der Waals surface area contributed by atoms with Crippen LogP contribution < -0.4 is 5.32 Å². The third-order valence-electron chi connectivity index (χ3n) is 4.74. The Balaban J connectivity index is 1.52. The Hall–Kier alpha value is -2.43. The molecule has 0 aliphatic heterocycles. The Morgan fingerprint density at radius 2 is 2.00 bits per heavy atom. The highest BCUT2D eigenvalue weighted by Crippen LogP contribution is 2.39. The normalized spacial score (nSPS) is 20.3. The molecular weight excluding hydrogens is 274 g/mol. The molecule has 5 nitrogen and oxygen atoms in total. The minimum absolute atomic E-state index is 0.316. The van der Waals surface area contributed by atoms with Gasteiger partial charge >= 0.3 is 0 Å². The number of benzene rings is 1. The summed E-state index contributed by atoms with van der Waals surface area (Å²) < 4.78 is 2.09. The van der Waals surface area contributed by atoms with E-state index in [1.807, 2.05) is 12.4 Å². The zero-order valence-corrected chi connectivity index (χ0v) is 12.2. The van der Waals surface area contributed by atoms with E-state index in [2.05, 4.69) is 49.2 Å². The van der Waals surface area contributed by atoms with Crippen molar-refractivity contribution in [1.82, 2.24) is 19.6 Å². The van der Waals surface area contributed by atoms with E-state index < -0.39 is 0 Å². The van der Waals surface area contributed by atoms with Gasteiger partial charge in [-0.05, 0) is 36.8 Å². The van der Waals surface area contributed by atoms with Gasteiger partial charge in [0, 0.05) is 18.3 Å². The van der Waals surface area contributed by atoms with Gasteiger partial charge in [0.2, 0.25) is 5.65 Å². The Kier molecular flexibility index (Phi) is 2.50. The van der Waals surface area contributed by atoms with E-state index in [4.69, 9.17) is 0 Å². The fourth-order valence-electron chi connectivity index (χ4n) is 3.44. The molecule has 0 spiro atoms. The highest BCUT2D eigenvalue weighted by molar-refractivity contribution is 5.63. The summed E-state index contributed by atoms with van der Waals surface area (Å²) in [5.41, 5.74) is 3.66. The Morgan fingerprint density at radius 1 is 1.09 bits per heavy atom. The van der Waals surface area contributed by atoms with Gasteiger partial charge in [-0.15, -0.1) is 10.2 Å². The number of nitrogens with one attached hydrogen (secondary N) is 1. The molecule has 110 valence electrons. The van der Waals surface area contributed by atoms with E-state index in [1.54, 1.807) is 0 Å². The molecule has 1 N–H and O–H groups in total. The SMILES string of the molecule is c1ccc2c(c1)CCC2Nc1nccn2c(C3CC3)nnc12. The number of aromatic nitrogens is 4. The van der Waals surface area contributed by atoms with Crippen molar-refractivity contribution in [2.75, 3.05) is 5.32 Å². The first kappa shape index (κ1) is 12.1. The molecule has 1 atom stereocenters. The Labute approximate surface area is 128 Å². The minimum Gasteiger partial charge on any atom is -0.360 e. The minimum atomic E-state index is 0.316. The lowest BCUT2D eigenvalue weighted by molar-refractivity contribution is 0.756. The van der Waals surface area contributed by atoms with E-state index in [0.29, 0.717) is 12.0 Å². The largest absolute Gasteiger partial charge is 0.360 e. The second kappa shape index (κ2) is 4.53. The molecule has 2 aliphatic carbocycles. The van der Waals surface area contributed by atoms with Gasteiger partial charge in [0.05, 0.1) is 6.04 Å². The topological polar surface area (TPSA) is 55.1 Å². The fraction of sp³-hybridized carbons (Fsp3) is 0.353. The molecule has 0 amide bonds. The number of nitrogens with zero attached hydrogens (tertiary/aromatic N) is 4. The van der Waals surface area contributed by atoms with Gasteiger partial charge < -0.3 is 5.32 Å². The summed E-state index contributed by atoms with van der Waals surface area (Å²) in [5.74, 6) is 2.49. The number of fused-ring (bicyclic) bond motifs is 2. The summed E-state index contributed by atoms with van der Waals surface area (Å²) in [5, 5.41) is 12.3. The Morgan fingerprint density at radius 3 is 2.91 bits per heavy atom. The molecule has 1 fully saturated rings. The van der Waals surface area contributed by atoms with Crippen molar-refractivity contribution >= 4 is 11.5 Å². The summed E-state index contributed by atoms with van der Waals surface area (Å²) in [6.07, 6.45) is 8.48. The summed E-state index contributed by atoms with van der Waals surface area (Å²) in [6, 6.07) is 8.96. The van der Waals surface area contributed by atoms with Crippen molar-refractivity contribution < 1.29 is 0 Å². The first-order valence-corrected chi connectivity index (χ1v) is 7.94. The molecule has 1 aromatic carbocycles. The molecule has 3 aromatic rings. The molecule has 5 rings (SSSR count). The van der Waals surface area contributed by atoms with Crippen LogP contribution in [0.15, 0.2) is 36.7 Å². The van der Waals surface area contributed by atoms with Crippen LogP contribution in [-0.4, -0.2) is 19.6 Å². The number of anilines is 1. The lowest BCUT2D eigenvalue weighted by atomic mass is 10.1. The van der Waals surface area contributed by atoms with Crippen LogP contribution >= 0.6 is 0 Å². The molecule has 2 aliphatic rings. The summed E-state index contributed by atoms with van der Waals surface area (Å²) in [6.45, 7) is 0. The van der Waals surface area contributed by atoms with E-state index in [0.717, 1.165) is 30.1 Å². The van der Waals surface area contributed by atoms with Crippen LogP contribution in [0.4, 0.5) is 5.82 Å². The standard InChI is InChI=1S/C17H17N5/c1-2-4-13-11(3-1)7-8-14(13)19-15-17-21-20-16(12-5-6-12)22(17)10-9-18-15/h1-4,9-10,12,14H,5-8H2,(H,18,19). The molecule has 1 saturated carbocycles. The van der Waals surface area contributed by atoms with Crippen LogP contribution in [0.2, 0.25) is 0 Å². The molecule has 2 heterocycles. The molecule has 22 heavy (non-hydrogen) atoms. The summed E-state index contributed by atoms with van der Waals surface area (Å²) in [7, 11) is 0. The van der Waals surface area contributed by atoms with Crippen LogP contribution in [0, 0.1) is 0 Å². The van der Waals surface area contributed by atoms with Crippen LogP contribution in [0.1, 0.15) is 48.2 Å². The van der Waals surface area contributed by atoms with E-state index >= 15 is 0 Å². The number of hydrogen-bond acceptors (Lipinski definition) is 4. The van der Waals surface area contributed by atoms with Crippen LogP contribution in [0.3, 0.4) is 0 Å². The summed E-state index contributed by atoms with van der Waals surface area (Å²) in [4.78, 5) is 4.50. The molecule has 1 unspecified atom stereocenters. The van der Waals surface area contributed by atoms with Gasteiger partial charge in [0.25, 0.3) is 0 Å². The van der Waals surface area contributed by atoms with Crippen molar-refractivity contribution in [2.24, 2.45) is 0 Å². The first-order valence-electron chi connectivity index (χ1n) is 7.94. The maximum absolute atomic E-state index is 4.50. The third kappa shape index (κ3) is 1.81. The molecule has 0 bridgehead atoms. The average molecular weight is 291 g/mol. The number of aryl methyl sites for hydroxylation is 1. The van der Waals surface area contributed by atoms with Gasteiger partial charge in [-0.25, -0.2) is 4.98 Å². The Bertz CT molecular complexity index is 849. The number of hydrogen-bond donors (Lipinski definition) is 1. The highest BCUT2D eigenvalue weighted by Gasteiger charge is 2.29. The summed E-state index contributed by atoms with van der Waals surface area (Å²) >= 11 is 0. The molecule has 0 radical (unpaired) electrons. The third-order valence-corrected chi connectivity index (χ3v) is 4.74. The second-order valence-electron chi connectivity index (χ2n) is 6.24. The van der Waals surface area contributed by atoms with E-state index in [-0.39, 0.29) is 0 Å². The van der Waals surface area contributed by atoms with Gasteiger partial charge in [-0.1, -0.05) is 24.3 Å². The highest BCUT2D eigenvalue weighted by atomic mass is 15.3. The van der Waals surface area contributed by atoms with Crippen molar-refractivity contribution in [3.63, 3.8) is 0 Å². The van der Waals surface area contributed by atoms with Gasteiger partial charge in [0.1, 0.15) is 5.82 Å².